The Morgan fingerprint density at radius 1 is 1.09 bits per heavy atom. The van der Waals surface area contributed by atoms with Crippen LogP contribution < -0.4 is 16.0 Å². The fraction of sp³-hybridized carbons (Fsp3) is 0.882. The molecule has 3 N–H and O–H groups in total. The Morgan fingerprint density at radius 3 is 2.52 bits per heavy atom. The van der Waals surface area contributed by atoms with Crippen LogP contribution in [0.4, 0.5) is 0 Å². The van der Waals surface area contributed by atoms with E-state index in [1.165, 1.54) is 32.1 Å². The molecule has 0 saturated heterocycles. The van der Waals surface area contributed by atoms with Crippen molar-refractivity contribution in [1.29, 1.82) is 0 Å². The number of hydrogen-bond donors (Lipinski definition) is 3. The van der Waals surface area contributed by atoms with Gasteiger partial charge in [0.1, 0.15) is 0 Å². The van der Waals surface area contributed by atoms with E-state index in [0.717, 1.165) is 38.5 Å². The van der Waals surface area contributed by atoms with Crippen molar-refractivity contribution in [3.05, 3.63) is 0 Å². The Bertz CT molecular complexity index is 341. The quantitative estimate of drug-likeness (QED) is 0.325. The Morgan fingerprint density at radius 2 is 1.83 bits per heavy atom. The summed E-state index contributed by atoms with van der Waals surface area (Å²) in [5.41, 5.74) is 0. The van der Waals surface area contributed by atoms with Crippen molar-refractivity contribution in [2.45, 2.75) is 64.4 Å². The highest BCUT2D eigenvalue weighted by Crippen LogP contribution is 2.20. The summed E-state index contributed by atoms with van der Waals surface area (Å²) in [5.74, 6) is 0.821. The Kier molecular flexibility index (Phi) is 11.3. The van der Waals surface area contributed by atoms with Crippen molar-refractivity contribution in [2.75, 3.05) is 33.3 Å². The first-order valence-corrected chi connectivity index (χ1v) is 9.09. The SMILES string of the molecule is CCCNC(=O)CCNC(=NC)NCCCOC1CCCCC1. The molecule has 6 heteroatoms. The summed E-state index contributed by atoms with van der Waals surface area (Å²) in [6.07, 6.45) is 9.29. The number of ether oxygens (including phenoxy) is 1. The largest absolute Gasteiger partial charge is 0.378 e. The number of amides is 1. The number of hydrogen-bond acceptors (Lipinski definition) is 3. The minimum atomic E-state index is 0.0793. The van der Waals surface area contributed by atoms with Gasteiger partial charge in [-0.25, -0.2) is 0 Å². The van der Waals surface area contributed by atoms with Gasteiger partial charge in [-0.2, -0.15) is 0 Å². The van der Waals surface area contributed by atoms with Crippen LogP contribution in [0.25, 0.3) is 0 Å². The van der Waals surface area contributed by atoms with Crippen LogP contribution in [-0.4, -0.2) is 51.3 Å². The van der Waals surface area contributed by atoms with Crippen molar-refractivity contribution >= 4 is 11.9 Å². The normalized spacial score (nSPS) is 16.2. The van der Waals surface area contributed by atoms with Crippen molar-refractivity contribution in [3.63, 3.8) is 0 Å². The van der Waals surface area contributed by atoms with Crippen LogP contribution in [0.2, 0.25) is 0 Å². The Labute approximate surface area is 140 Å². The van der Waals surface area contributed by atoms with Gasteiger partial charge in [0.2, 0.25) is 5.91 Å². The molecule has 0 bridgehead atoms. The molecule has 1 aliphatic carbocycles. The van der Waals surface area contributed by atoms with Crippen LogP contribution in [0, 0.1) is 0 Å². The lowest BCUT2D eigenvalue weighted by molar-refractivity contribution is -0.120. The molecule has 0 spiro atoms. The zero-order chi connectivity index (χ0) is 16.8. The van der Waals surface area contributed by atoms with E-state index in [1.807, 2.05) is 6.92 Å². The molecule has 0 heterocycles. The van der Waals surface area contributed by atoms with E-state index >= 15 is 0 Å². The average Bonchev–Trinajstić information content (AvgIpc) is 2.59. The van der Waals surface area contributed by atoms with E-state index in [9.17, 15) is 4.79 Å². The monoisotopic (exact) mass is 326 g/mol. The van der Waals surface area contributed by atoms with Gasteiger partial charge >= 0.3 is 0 Å². The molecule has 0 aromatic carbocycles. The maximum absolute atomic E-state index is 11.5. The molecular formula is C17H34N4O2. The molecule has 0 aromatic heterocycles. The number of rotatable bonds is 10. The zero-order valence-corrected chi connectivity index (χ0v) is 14.8. The highest BCUT2D eigenvalue weighted by Gasteiger charge is 2.12. The van der Waals surface area contributed by atoms with Gasteiger partial charge in [0, 0.05) is 39.7 Å². The predicted molar refractivity (Wildman–Crippen MR) is 94.7 cm³/mol. The molecule has 6 nitrogen and oxygen atoms in total. The van der Waals surface area contributed by atoms with Crippen LogP contribution in [0.1, 0.15) is 58.3 Å². The smallest absolute Gasteiger partial charge is 0.221 e. The lowest BCUT2D eigenvalue weighted by Crippen LogP contribution is -2.40. The van der Waals surface area contributed by atoms with Crippen molar-refractivity contribution < 1.29 is 9.53 Å². The van der Waals surface area contributed by atoms with Crippen molar-refractivity contribution in [1.82, 2.24) is 16.0 Å². The van der Waals surface area contributed by atoms with Crippen molar-refractivity contribution in [3.8, 4) is 0 Å². The van der Waals surface area contributed by atoms with Gasteiger partial charge < -0.3 is 20.7 Å². The highest BCUT2D eigenvalue weighted by molar-refractivity contribution is 5.81. The van der Waals surface area contributed by atoms with Gasteiger partial charge in [-0.05, 0) is 25.7 Å². The fourth-order valence-electron chi connectivity index (χ4n) is 2.63. The van der Waals surface area contributed by atoms with Crippen LogP contribution >= 0.6 is 0 Å². The van der Waals surface area contributed by atoms with Gasteiger partial charge in [-0.15, -0.1) is 0 Å². The molecular weight excluding hydrogens is 292 g/mol. The zero-order valence-electron chi connectivity index (χ0n) is 14.8. The van der Waals surface area contributed by atoms with E-state index in [-0.39, 0.29) is 5.91 Å². The molecule has 0 aliphatic heterocycles. The number of nitrogens with zero attached hydrogens (tertiary/aromatic N) is 1. The lowest BCUT2D eigenvalue weighted by atomic mass is 9.98. The molecule has 0 unspecified atom stereocenters. The van der Waals surface area contributed by atoms with E-state index in [1.54, 1.807) is 7.05 Å². The topological polar surface area (TPSA) is 74.8 Å². The summed E-state index contributed by atoms with van der Waals surface area (Å²) in [6.45, 7) is 5.01. The molecule has 1 amide bonds. The molecule has 23 heavy (non-hydrogen) atoms. The summed E-state index contributed by atoms with van der Waals surface area (Å²) >= 11 is 0. The fourth-order valence-corrected chi connectivity index (χ4v) is 2.63. The highest BCUT2D eigenvalue weighted by atomic mass is 16.5. The first-order valence-electron chi connectivity index (χ1n) is 9.09. The van der Waals surface area contributed by atoms with Crippen LogP contribution in [0.5, 0.6) is 0 Å². The predicted octanol–water partition coefficient (Wildman–Crippen LogP) is 1.81. The number of carbonyl (C=O) groups excluding carboxylic acids is 1. The third-order valence-electron chi connectivity index (χ3n) is 3.96. The third kappa shape index (κ3) is 10.2. The summed E-state index contributed by atoms with van der Waals surface area (Å²) in [6, 6.07) is 0. The van der Waals surface area contributed by atoms with Gasteiger partial charge in [0.05, 0.1) is 6.10 Å². The van der Waals surface area contributed by atoms with Crippen LogP contribution in [-0.2, 0) is 9.53 Å². The summed E-state index contributed by atoms with van der Waals surface area (Å²) in [4.78, 5) is 15.6. The van der Waals surface area contributed by atoms with Gasteiger partial charge in [-0.3, -0.25) is 9.79 Å². The van der Waals surface area contributed by atoms with Crippen molar-refractivity contribution in [2.24, 2.45) is 4.99 Å². The summed E-state index contributed by atoms with van der Waals surface area (Å²) in [5, 5.41) is 9.26. The second-order valence-corrected chi connectivity index (χ2v) is 6.01. The molecule has 1 fully saturated rings. The third-order valence-corrected chi connectivity index (χ3v) is 3.96. The Hall–Kier alpha value is -1.30. The van der Waals surface area contributed by atoms with Crippen LogP contribution in [0.3, 0.4) is 0 Å². The molecule has 134 valence electrons. The molecule has 1 rings (SSSR count). The number of carbonyl (C=O) groups is 1. The average molecular weight is 326 g/mol. The van der Waals surface area contributed by atoms with Gasteiger partial charge in [0.15, 0.2) is 5.96 Å². The van der Waals surface area contributed by atoms with E-state index < -0.39 is 0 Å². The minimum Gasteiger partial charge on any atom is -0.378 e. The lowest BCUT2D eigenvalue weighted by Gasteiger charge is -2.22. The van der Waals surface area contributed by atoms with Gasteiger partial charge in [-0.1, -0.05) is 26.2 Å². The summed E-state index contributed by atoms with van der Waals surface area (Å²) < 4.78 is 5.90. The number of aliphatic imine (C=N–C) groups is 1. The van der Waals surface area contributed by atoms with E-state index in [2.05, 4.69) is 20.9 Å². The summed E-state index contributed by atoms with van der Waals surface area (Å²) in [7, 11) is 1.74. The van der Waals surface area contributed by atoms with E-state index in [4.69, 9.17) is 4.74 Å². The van der Waals surface area contributed by atoms with Crippen LogP contribution in [0.15, 0.2) is 4.99 Å². The Balaban J connectivity index is 1.99. The number of nitrogens with one attached hydrogen (secondary N) is 3. The van der Waals surface area contributed by atoms with Gasteiger partial charge in [0.25, 0.3) is 0 Å². The first-order chi connectivity index (χ1) is 11.3. The maximum atomic E-state index is 11.5. The maximum Gasteiger partial charge on any atom is 0.221 e. The molecule has 1 saturated carbocycles. The molecule has 0 atom stereocenters. The standard InChI is InChI=1S/C17H34N4O2/c1-3-11-19-16(22)10-13-21-17(18-2)20-12-7-14-23-15-8-5-4-6-9-15/h15H,3-14H2,1-2H3,(H,19,22)(H2,18,20,21). The van der Waals surface area contributed by atoms with E-state index in [0.29, 0.717) is 19.1 Å². The minimum absolute atomic E-state index is 0.0793. The molecule has 0 radical (unpaired) electrons. The molecule has 0 aromatic rings. The molecule has 1 aliphatic rings. The second-order valence-electron chi connectivity index (χ2n) is 6.01. The number of guanidine groups is 1. The first kappa shape index (κ1) is 19.7. The second kappa shape index (κ2) is 13.2.